The number of aryl methyl sites for hydroxylation is 1. The minimum atomic E-state index is -0.951. The van der Waals surface area contributed by atoms with Gasteiger partial charge in [-0.2, -0.15) is 0 Å². The van der Waals surface area contributed by atoms with Crippen molar-refractivity contribution in [2.45, 2.75) is 32.1 Å². The second kappa shape index (κ2) is 8.87. The number of carbonyl (C=O) groups excluding carboxylic acids is 1. The molecule has 8 heteroatoms. The molecule has 0 radical (unpaired) electrons. The lowest BCUT2D eigenvalue weighted by Crippen LogP contribution is -2.20. The van der Waals surface area contributed by atoms with E-state index in [0.717, 1.165) is 21.9 Å². The zero-order chi connectivity index (χ0) is 18.4. The number of aromatic nitrogens is 1. The topological polar surface area (TPSA) is 91.3 Å². The summed E-state index contributed by atoms with van der Waals surface area (Å²) in [6, 6.07) is 5.49. The second-order valence-corrected chi connectivity index (χ2v) is 7.92. The number of carboxylic acids is 1. The zero-order valence-electron chi connectivity index (χ0n) is 14.3. The van der Waals surface area contributed by atoms with Gasteiger partial charge in [0.05, 0.1) is 17.8 Å². The molecule has 0 atom stereocenters. The van der Waals surface area contributed by atoms with Crippen molar-refractivity contribution in [2.75, 3.05) is 16.4 Å². The smallest absolute Gasteiger partial charge is 0.325 e. The van der Waals surface area contributed by atoms with Crippen LogP contribution in [0.5, 0.6) is 0 Å². The molecule has 0 saturated carbocycles. The molecule has 6 nitrogen and oxygen atoms in total. The first-order valence-electron chi connectivity index (χ1n) is 7.81. The summed E-state index contributed by atoms with van der Waals surface area (Å²) in [5.41, 5.74) is 2.31. The number of carbonyl (C=O) groups is 2. The van der Waals surface area contributed by atoms with E-state index in [1.165, 1.54) is 11.3 Å². The molecule has 0 aliphatic carbocycles. The second-order valence-electron chi connectivity index (χ2n) is 6.00. The first-order chi connectivity index (χ1) is 11.8. The summed E-state index contributed by atoms with van der Waals surface area (Å²) in [5.74, 6) is 0.563. The molecule has 0 aliphatic rings. The summed E-state index contributed by atoms with van der Waals surface area (Å²) in [7, 11) is 0. The van der Waals surface area contributed by atoms with Crippen LogP contribution in [0.3, 0.4) is 0 Å². The molecule has 134 valence electrons. The van der Waals surface area contributed by atoms with Gasteiger partial charge in [0, 0.05) is 16.0 Å². The van der Waals surface area contributed by atoms with Crippen LogP contribution in [0, 0.1) is 12.8 Å². The number of anilines is 2. The van der Waals surface area contributed by atoms with Crippen LogP contribution in [0.25, 0.3) is 0 Å². The summed E-state index contributed by atoms with van der Waals surface area (Å²) >= 11 is 2.91. The van der Waals surface area contributed by atoms with Crippen LogP contribution in [-0.4, -0.2) is 27.8 Å². The maximum atomic E-state index is 12.2. The van der Waals surface area contributed by atoms with Gasteiger partial charge in [-0.15, -0.1) is 23.1 Å². The molecule has 0 unspecified atom stereocenters. The summed E-state index contributed by atoms with van der Waals surface area (Å²) in [4.78, 5) is 28.0. The van der Waals surface area contributed by atoms with Crippen molar-refractivity contribution < 1.29 is 14.7 Å². The Morgan fingerprint density at radius 3 is 2.76 bits per heavy atom. The lowest BCUT2D eigenvalue weighted by Gasteiger charge is -2.13. The number of carboxylic acid groups (broad SMARTS) is 1. The van der Waals surface area contributed by atoms with Gasteiger partial charge < -0.3 is 10.4 Å². The van der Waals surface area contributed by atoms with Gasteiger partial charge in [0.2, 0.25) is 0 Å². The van der Waals surface area contributed by atoms with Gasteiger partial charge >= 0.3 is 12.0 Å². The summed E-state index contributed by atoms with van der Waals surface area (Å²) in [6.07, 6.45) is -0.159. The van der Waals surface area contributed by atoms with Gasteiger partial charge in [0.1, 0.15) is 0 Å². The van der Waals surface area contributed by atoms with Crippen LogP contribution in [0.15, 0.2) is 28.5 Å². The number of aliphatic carboxylic acids is 1. The third-order valence-corrected chi connectivity index (χ3v) is 5.35. The lowest BCUT2D eigenvalue weighted by molar-refractivity contribution is -0.136. The number of nitrogens with one attached hydrogen (secondary N) is 2. The third kappa shape index (κ3) is 6.39. The van der Waals surface area contributed by atoms with Gasteiger partial charge in [-0.3, -0.25) is 10.1 Å². The number of hydrogen-bond acceptors (Lipinski definition) is 5. The molecule has 0 fully saturated rings. The van der Waals surface area contributed by atoms with E-state index in [2.05, 4.69) is 35.5 Å². The Morgan fingerprint density at radius 1 is 1.32 bits per heavy atom. The number of amides is 2. The molecule has 2 rings (SSSR count). The highest BCUT2D eigenvalue weighted by molar-refractivity contribution is 7.99. The molecule has 1 aromatic carbocycles. The van der Waals surface area contributed by atoms with E-state index in [-0.39, 0.29) is 6.42 Å². The Morgan fingerprint density at radius 2 is 2.08 bits per heavy atom. The van der Waals surface area contributed by atoms with E-state index in [1.54, 1.807) is 17.1 Å². The van der Waals surface area contributed by atoms with Crippen molar-refractivity contribution in [1.82, 2.24) is 4.98 Å². The highest BCUT2D eigenvalue weighted by atomic mass is 32.2. The Labute approximate surface area is 155 Å². The fourth-order valence-corrected chi connectivity index (χ4v) is 3.72. The maximum absolute atomic E-state index is 12.2. The largest absolute Gasteiger partial charge is 0.481 e. The standard InChI is InChI=1S/C17H21N3O3S2/c1-10(2)8-24-14-6-11(3)4-5-13(14)19-16(23)20-17-18-12(9-25-17)7-15(21)22/h4-6,9-10H,7-8H2,1-3H3,(H,21,22)(H2,18,19,20,23). The highest BCUT2D eigenvalue weighted by Crippen LogP contribution is 2.30. The first kappa shape index (κ1) is 19.3. The number of benzene rings is 1. The van der Waals surface area contributed by atoms with Gasteiger partial charge in [-0.05, 0) is 30.5 Å². The molecule has 0 saturated heterocycles. The Bertz CT molecular complexity index is 759. The minimum Gasteiger partial charge on any atom is -0.481 e. The molecular weight excluding hydrogens is 358 g/mol. The fourth-order valence-electron chi connectivity index (χ4n) is 1.96. The van der Waals surface area contributed by atoms with Crippen LogP contribution >= 0.6 is 23.1 Å². The number of thioether (sulfide) groups is 1. The molecule has 25 heavy (non-hydrogen) atoms. The first-order valence-corrected chi connectivity index (χ1v) is 9.67. The van der Waals surface area contributed by atoms with Crippen molar-refractivity contribution in [1.29, 1.82) is 0 Å². The van der Waals surface area contributed by atoms with Crippen molar-refractivity contribution in [3.63, 3.8) is 0 Å². The van der Waals surface area contributed by atoms with E-state index in [9.17, 15) is 9.59 Å². The van der Waals surface area contributed by atoms with Crippen LogP contribution in [0.1, 0.15) is 25.1 Å². The Kier molecular flexibility index (Phi) is 6.83. The average molecular weight is 380 g/mol. The predicted octanol–water partition coefficient (Wildman–Crippen LogP) is 4.47. The number of hydrogen-bond donors (Lipinski definition) is 3. The third-order valence-electron chi connectivity index (χ3n) is 3.06. The predicted molar refractivity (Wildman–Crippen MR) is 103 cm³/mol. The van der Waals surface area contributed by atoms with Crippen molar-refractivity contribution in [3.05, 3.63) is 34.8 Å². The van der Waals surface area contributed by atoms with Gasteiger partial charge in [-0.1, -0.05) is 19.9 Å². The van der Waals surface area contributed by atoms with Crippen molar-refractivity contribution >= 4 is 45.9 Å². The van der Waals surface area contributed by atoms with E-state index in [4.69, 9.17) is 5.11 Å². The minimum absolute atomic E-state index is 0.159. The fraction of sp³-hybridized carbons (Fsp3) is 0.353. The molecule has 2 amide bonds. The summed E-state index contributed by atoms with van der Waals surface area (Å²) < 4.78 is 0. The van der Waals surface area contributed by atoms with Gasteiger partial charge in [0.15, 0.2) is 5.13 Å². The Hall–Kier alpha value is -2.06. The van der Waals surface area contributed by atoms with Crippen LogP contribution in [0.2, 0.25) is 0 Å². The molecule has 3 N–H and O–H groups in total. The maximum Gasteiger partial charge on any atom is 0.325 e. The monoisotopic (exact) mass is 379 g/mol. The Balaban J connectivity index is 2.02. The molecule has 0 bridgehead atoms. The number of nitrogens with zero attached hydrogens (tertiary/aromatic N) is 1. The molecule has 2 aromatic rings. The summed E-state index contributed by atoms with van der Waals surface area (Å²) in [6.45, 7) is 6.32. The van der Waals surface area contributed by atoms with E-state index in [1.807, 2.05) is 19.1 Å². The number of rotatable bonds is 7. The number of urea groups is 1. The van der Waals surface area contributed by atoms with Crippen molar-refractivity contribution in [2.24, 2.45) is 5.92 Å². The molecule has 1 aromatic heterocycles. The normalized spacial score (nSPS) is 10.7. The zero-order valence-corrected chi connectivity index (χ0v) is 16.0. The van der Waals surface area contributed by atoms with Crippen LogP contribution in [-0.2, 0) is 11.2 Å². The SMILES string of the molecule is Cc1ccc(NC(=O)Nc2nc(CC(=O)O)cs2)c(SCC(C)C)c1. The molecule has 0 spiro atoms. The lowest BCUT2D eigenvalue weighted by atomic mass is 10.2. The molecular formula is C17H21N3O3S2. The van der Waals surface area contributed by atoms with Crippen molar-refractivity contribution in [3.8, 4) is 0 Å². The molecule has 1 heterocycles. The number of thiazole rings is 1. The molecule has 0 aliphatic heterocycles. The van der Waals surface area contributed by atoms with E-state index < -0.39 is 12.0 Å². The van der Waals surface area contributed by atoms with Gasteiger partial charge in [0.25, 0.3) is 0 Å². The van der Waals surface area contributed by atoms with Gasteiger partial charge in [-0.25, -0.2) is 9.78 Å². The van der Waals surface area contributed by atoms with Crippen LogP contribution < -0.4 is 10.6 Å². The van der Waals surface area contributed by atoms with Crippen LogP contribution in [0.4, 0.5) is 15.6 Å². The highest BCUT2D eigenvalue weighted by Gasteiger charge is 2.11. The quantitative estimate of drug-likeness (QED) is 0.617. The average Bonchev–Trinajstić information content (AvgIpc) is 2.93. The van der Waals surface area contributed by atoms with E-state index in [0.29, 0.717) is 16.7 Å². The summed E-state index contributed by atoms with van der Waals surface area (Å²) in [5, 5.41) is 16.2. The van der Waals surface area contributed by atoms with E-state index >= 15 is 0 Å².